The molecule has 0 spiro atoms. The first-order valence-electron chi connectivity index (χ1n) is 3.76. The first-order valence-corrected chi connectivity index (χ1v) is 5.15. The van der Waals surface area contributed by atoms with Crippen LogP contribution in [0.4, 0.5) is 0 Å². The zero-order valence-corrected chi connectivity index (χ0v) is 7.26. The third-order valence-corrected chi connectivity index (χ3v) is 3.29. The van der Waals surface area contributed by atoms with E-state index in [1.165, 1.54) is 31.4 Å². The van der Waals surface area contributed by atoms with Gasteiger partial charge in [0, 0.05) is 0 Å². The lowest BCUT2D eigenvalue weighted by molar-refractivity contribution is 0.392. The lowest BCUT2D eigenvalue weighted by Crippen LogP contribution is -2.13. The highest BCUT2D eigenvalue weighted by Gasteiger charge is 2.27. The van der Waals surface area contributed by atoms with Crippen molar-refractivity contribution in [2.75, 3.05) is 12.0 Å². The number of hydrogen-bond donors (Lipinski definition) is 0. The Kier molecular flexibility index (Phi) is 2.45. The third-order valence-electron chi connectivity index (χ3n) is 2.30. The van der Waals surface area contributed by atoms with Crippen LogP contribution in [0.3, 0.4) is 0 Å². The Morgan fingerprint density at radius 2 is 1.89 bits per heavy atom. The quantitative estimate of drug-likeness (QED) is 0.574. The minimum absolute atomic E-state index is 0.708. The van der Waals surface area contributed by atoms with Crippen LogP contribution in [0.1, 0.15) is 32.6 Å². The minimum atomic E-state index is 0.708. The molecule has 0 atom stereocenters. The molecule has 0 N–H and O–H groups in total. The van der Waals surface area contributed by atoms with E-state index in [1.54, 1.807) is 0 Å². The van der Waals surface area contributed by atoms with Gasteiger partial charge in [0.15, 0.2) is 0 Å². The molecule has 0 aliphatic heterocycles. The summed E-state index contributed by atoms with van der Waals surface area (Å²) in [6, 6.07) is 0. The number of hydrogen-bond acceptors (Lipinski definition) is 1. The van der Waals surface area contributed by atoms with Crippen LogP contribution in [-0.2, 0) is 0 Å². The summed E-state index contributed by atoms with van der Waals surface area (Å²) in [5, 5.41) is 0. The molecule has 0 aromatic rings. The molecule has 54 valence electrons. The van der Waals surface area contributed by atoms with Gasteiger partial charge in [0.05, 0.1) is 0 Å². The highest BCUT2D eigenvalue weighted by molar-refractivity contribution is 7.98. The fraction of sp³-hybridized carbons (Fsp3) is 1.00. The van der Waals surface area contributed by atoms with Crippen LogP contribution >= 0.6 is 11.8 Å². The molecule has 0 heterocycles. The van der Waals surface area contributed by atoms with E-state index in [0.29, 0.717) is 5.41 Å². The zero-order chi connectivity index (χ0) is 6.74. The Balaban J connectivity index is 2.32. The largest absolute Gasteiger partial charge is 0.165 e. The average molecular weight is 144 g/mol. The highest BCUT2D eigenvalue weighted by Crippen LogP contribution is 2.39. The van der Waals surface area contributed by atoms with E-state index in [1.807, 2.05) is 11.8 Å². The molecule has 1 saturated carbocycles. The van der Waals surface area contributed by atoms with Crippen molar-refractivity contribution in [2.24, 2.45) is 5.41 Å². The van der Waals surface area contributed by atoms with Crippen LogP contribution in [0.5, 0.6) is 0 Å². The molecular formula is C8H16S. The van der Waals surface area contributed by atoms with E-state index in [2.05, 4.69) is 13.2 Å². The second kappa shape index (κ2) is 2.96. The summed E-state index contributed by atoms with van der Waals surface area (Å²) in [4.78, 5) is 0. The molecule has 1 aliphatic carbocycles. The molecule has 0 unspecified atom stereocenters. The summed E-state index contributed by atoms with van der Waals surface area (Å²) in [5.74, 6) is 1.37. The van der Waals surface area contributed by atoms with Gasteiger partial charge in [0.25, 0.3) is 0 Å². The molecule has 0 amide bonds. The van der Waals surface area contributed by atoms with Gasteiger partial charge >= 0.3 is 0 Å². The van der Waals surface area contributed by atoms with Crippen LogP contribution in [0.15, 0.2) is 0 Å². The van der Waals surface area contributed by atoms with Crippen molar-refractivity contribution in [3.8, 4) is 0 Å². The Morgan fingerprint density at radius 1 is 1.33 bits per heavy atom. The van der Waals surface area contributed by atoms with Crippen LogP contribution in [0.2, 0.25) is 0 Å². The van der Waals surface area contributed by atoms with Gasteiger partial charge in [-0.25, -0.2) is 0 Å². The third kappa shape index (κ3) is 1.89. The first-order chi connectivity index (χ1) is 4.27. The van der Waals surface area contributed by atoms with Crippen molar-refractivity contribution < 1.29 is 0 Å². The maximum atomic E-state index is 2.43. The van der Waals surface area contributed by atoms with Crippen LogP contribution in [-0.4, -0.2) is 12.0 Å². The molecular weight excluding hydrogens is 128 g/mol. The fourth-order valence-corrected chi connectivity index (χ4v) is 2.71. The predicted octanol–water partition coefficient (Wildman–Crippen LogP) is 2.93. The van der Waals surface area contributed by atoms with Crippen molar-refractivity contribution in [2.45, 2.75) is 32.6 Å². The molecule has 0 nitrogen and oxygen atoms in total. The summed E-state index contributed by atoms with van der Waals surface area (Å²) in [6.45, 7) is 2.43. The van der Waals surface area contributed by atoms with Gasteiger partial charge in [0.1, 0.15) is 0 Å². The van der Waals surface area contributed by atoms with Gasteiger partial charge in [-0.2, -0.15) is 11.8 Å². The predicted molar refractivity (Wildman–Crippen MR) is 45.0 cm³/mol. The molecule has 0 radical (unpaired) electrons. The Morgan fingerprint density at radius 3 is 2.33 bits per heavy atom. The van der Waals surface area contributed by atoms with Gasteiger partial charge in [-0.15, -0.1) is 0 Å². The van der Waals surface area contributed by atoms with Gasteiger partial charge in [0.2, 0.25) is 0 Å². The second-order valence-corrected chi connectivity index (χ2v) is 4.32. The standard InChI is InChI=1S/C8H16S/c1-8(7-9-2)5-3-4-6-8/h3-7H2,1-2H3. The monoisotopic (exact) mass is 144 g/mol. The molecule has 0 aromatic carbocycles. The van der Waals surface area contributed by atoms with Gasteiger partial charge in [-0.1, -0.05) is 19.8 Å². The molecule has 1 heteroatoms. The summed E-state index contributed by atoms with van der Waals surface area (Å²) in [7, 11) is 0. The van der Waals surface area contributed by atoms with Crippen LogP contribution in [0, 0.1) is 5.41 Å². The molecule has 0 saturated heterocycles. The molecule has 9 heavy (non-hydrogen) atoms. The van der Waals surface area contributed by atoms with Crippen molar-refractivity contribution in [1.82, 2.24) is 0 Å². The normalized spacial score (nSPS) is 24.7. The van der Waals surface area contributed by atoms with E-state index in [-0.39, 0.29) is 0 Å². The molecule has 1 aliphatic rings. The summed E-state index contributed by atoms with van der Waals surface area (Å²) >= 11 is 2.00. The maximum absolute atomic E-state index is 2.43. The van der Waals surface area contributed by atoms with E-state index in [4.69, 9.17) is 0 Å². The van der Waals surface area contributed by atoms with Crippen molar-refractivity contribution in [3.05, 3.63) is 0 Å². The number of rotatable bonds is 2. The Bertz CT molecular complexity index is 82.6. The smallest absolute Gasteiger partial charge is 0.00162 e. The minimum Gasteiger partial charge on any atom is -0.165 e. The van der Waals surface area contributed by atoms with Crippen LogP contribution in [0.25, 0.3) is 0 Å². The average Bonchev–Trinajstić information content (AvgIpc) is 2.16. The zero-order valence-electron chi connectivity index (χ0n) is 6.44. The highest BCUT2D eigenvalue weighted by atomic mass is 32.2. The van der Waals surface area contributed by atoms with Crippen LogP contribution < -0.4 is 0 Å². The molecule has 1 rings (SSSR count). The lowest BCUT2D eigenvalue weighted by atomic mass is 9.92. The van der Waals surface area contributed by atoms with Gasteiger partial charge < -0.3 is 0 Å². The van der Waals surface area contributed by atoms with Crippen molar-refractivity contribution in [1.29, 1.82) is 0 Å². The topological polar surface area (TPSA) is 0 Å². The second-order valence-electron chi connectivity index (χ2n) is 3.45. The van der Waals surface area contributed by atoms with Gasteiger partial charge in [-0.3, -0.25) is 0 Å². The lowest BCUT2D eigenvalue weighted by Gasteiger charge is -2.21. The molecule has 1 fully saturated rings. The molecule has 0 aromatic heterocycles. The van der Waals surface area contributed by atoms with E-state index < -0.39 is 0 Å². The SMILES string of the molecule is CSCC1(C)CCCC1. The summed E-state index contributed by atoms with van der Waals surface area (Å²) in [5.41, 5.74) is 0.708. The fourth-order valence-electron chi connectivity index (χ4n) is 1.72. The van der Waals surface area contributed by atoms with Crippen molar-refractivity contribution >= 4 is 11.8 Å². The summed E-state index contributed by atoms with van der Waals surface area (Å²) < 4.78 is 0. The van der Waals surface area contributed by atoms with E-state index in [0.717, 1.165) is 0 Å². The Hall–Kier alpha value is 0.350. The maximum Gasteiger partial charge on any atom is -0.00162 e. The van der Waals surface area contributed by atoms with E-state index in [9.17, 15) is 0 Å². The van der Waals surface area contributed by atoms with Gasteiger partial charge in [-0.05, 0) is 30.3 Å². The molecule has 0 bridgehead atoms. The van der Waals surface area contributed by atoms with Crippen molar-refractivity contribution in [3.63, 3.8) is 0 Å². The number of thioether (sulfide) groups is 1. The Labute approximate surface area is 62.4 Å². The van der Waals surface area contributed by atoms with E-state index >= 15 is 0 Å². The summed E-state index contributed by atoms with van der Waals surface area (Å²) in [6.07, 6.45) is 8.08. The first kappa shape index (κ1) is 7.46.